The summed E-state index contributed by atoms with van der Waals surface area (Å²) >= 11 is 0. The second-order valence-corrected chi connectivity index (χ2v) is 6.14. The highest BCUT2D eigenvalue weighted by atomic mass is 16.5. The summed E-state index contributed by atoms with van der Waals surface area (Å²) in [7, 11) is 2.99. The van der Waals surface area contributed by atoms with Crippen LogP contribution in [0.4, 0.5) is 0 Å². The van der Waals surface area contributed by atoms with Crippen LogP contribution in [0.2, 0.25) is 0 Å². The van der Waals surface area contributed by atoms with Gasteiger partial charge >= 0.3 is 0 Å². The molecule has 1 aromatic carbocycles. The Labute approximate surface area is 151 Å². The van der Waals surface area contributed by atoms with E-state index in [9.17, 15) is 14.7 Å². The van der Waals surface area contributed by atoms with Gasteiger partial charge in [0.2, 0.25) is 5.91 Å². The molecule has 0 spiro atoms. The predicted molar refractivity (Wildman–Crippen MR) is 97.6 cm³/mol. The monoisotopic (exact) mass is 363 g/mol. The number of aliphatic hydroxyl groups excluding tert-OH is 1. The minimum atomic E-state index is -0.354. The van der Waals surface area contributed by atoms with Crippen molar-refractivity contribution in [1.29, 1.82) is 0 Å². The molecule has 142 valence electrons. The first-order valence-corrected chi connectivity index (χ1v) is 8.46. The van der Waals surface area contributed by atoms with E-state index in [-0.39, 0.29) is 36.6 Å². The molecular weight excluding hydrogens is 338 g/mol. The van der Waals surface area contributed by atoms with Gasteiger partial charge in [-0.3, -0.25) is 14.2 Å². The molecule has 26 heavy (non-hydrogen) atoms. The predicted octanol–water partition coefficient (Wildman–Crippen LogP) is 0.937. The second-order valence-electron chi connectivity index (χ2n) is 6.14. The van der Waals surface area contributed by atoms with Crippen molar-refractivity contribution in [2.24, 2.45) is 5.92 Å². The van der Waals surface area contributed by atoms with Crippen molar-refractivity contribution in [1.82, 2.24) is 14.9 Å². The zero-order valence-electron chi connectivity index (χ0n) is 15.5. The third-order valence-electron chi connectivity index (χ3n) is 4.52. The zero-order valence-corrected chi connectivity index (χ0v) is 15.5. The maximum Gasteiger partial charge on any atom is 0.261 e. The summed E-state index contributed by atoms with van der Waals surface area (Å²) in [5, 5.41) is 12.5. The highest BCUT2D eigenvalue weighted by molar-refractivity contribution is 5.82. The maximum atomic E-state index is 12.7. The molecule has 2 atom stereocenters. The fourth-order valence-electron chi connectivity index (χ4n) is 2.66. The van der Waals surface area contributed by atoms with Crippen LogP contribution in [0.15, 0.2) is 23.3 Å². The number of benzene rings is 1. The molecule has 0 unspecified atom stereocenters. The number of amides is 1. The lowest BCUT2D eigenvalue weighted by Gasteiger charge is -2.22. The van der Waals surface area contributed by atoms with Gasteiger partial charge in [0, 0.05) is 6.07 Å². The standard InChI is InChI=1S/C18H25N3O5/c1-5-11(2)14(9-22)20-17(23)8-21-10-19-13-7-16(26-4)15(25-3)6-12(13)18(21)24/h6-7,10-11,14,22H,5,8-9H2,1-4H3,(H,20,23)/t11-,14+/m0/s1. The molecular formula is C18H25N3O5. The molecule has 0 saturated heterocycles. The van der Waals surface area contributed by atoms with Gasteiger partial charge in [0.15, 0.2) is 11.5 Å². The highest BCUT2D eigenvalue weighted by Gasteiger charge is 2.18. The van der Waals surface area contributed by atoms with Gasteiger partial charge in [-0.05, 0) is 12.0 Å². The molecule has 8 nitrogen and oxygen atoms in total. The minimum Gasteiger partial charge on any atom is -0.493 e. The summed E-state index contributed by atoms with van der Waals surface area (Å²) < 4.78 is 11.7. The topological polar surface area (TPSA) is 103 Å². The van der Waals surface area contributed by atoms with Crippen molar-refractivity contribution >= 4 is 16.8 Å². The van der Waals surface area contributed by atoms with E-state index in [0.29, 0.717) is 22.4 Å². The fourth-order valence-corrected chi connectivity index (χ4v) is 2.66. The van der Waals surface area contributed by atoms with E-state index < -0.39 is 0 Å². The van der Waals surface area contributed by atoms with Crippen LogP contribution >= 0.6 is 0 Å². The lowest BCUT2D eigenvalue weighted by molar-refractivity contribution is -0.123. The fraction of sp³-hybridized carbons (Fsp3) is 0.500. The van der Waals surface area contributed by atoms with E-state index in [4.69, 9.17) is 9.47 Å². The molecule has 1 aromatic heterocycles. The van der Waals surface area contributed by atoms with Crippen LogP contribution < -0.4 is 20.3 Å². The Balaban J connectivity index is 2.29. The van der Waals surface area contributed by atoms with Crippen LogP contribution in [0.1, 0.15) is 20.3 Å². The molecule has 1 heterocycles. The van der Waals surface area contributed by atoms with Gasteiger partial charge in [-0.15, -0.1) is 0 Å². The number of aliphatic hydroxyl groups is 1. The number of rotatable bonds is 8. The van der Waals surface area contributed by atoms with E-state index in [0.717, 1.165) is 6.42 Å². The average Bonchev–Trinajstić information content (AvgIpc) is 2.66. The van der Waals surface area contributed by atoms with Crippen LogP contribution in [0.5, 0.6) is 11.5 Å². The number of hydrogen-bond donors (Lipinski definition) is 2. The van der Waals surface area contributed by atoms with E-state index in [1.165, 1.54) is 25.1 Å². The average molecular weight is 363 g/mol. The summed E-state index contributed by atoms with van der Waals surface area (Å²) in [4.78, 5) is 29.2. The summed E-state index contributed by atoms with van der Waals surface area (Å²) in [5.74, 6) is 0.667. The summed E-state index contributed by atoms with van der Waals surface area (Å²) in [6, 6.07) is 2.82. The van der Waals surface area contributed by atoms with Crippen molar-refractivity contribution < 1.29 is 19.4 Å². The first kappa shape index (κ1) is 19.7. The van der Waals surface area contributed by atoms with Crippen molar-refractivity contribution in [3.05, 3.63) is 28.8 Å². The molecule has 1 amide bonds. The molecule has 2 aromatic rings. The van der Waals surface area contributed by atoms with E-state index in [1.807, 2.05) is 13.8 Å². The Kier molecular flexibility index (Phi) is 6.57. The first-order valence-electron chi connectivity index (χ1n) is 8.46. The summed E-state index contributed by atoms with van der Waals surface area (Å²) in [6.45, 7) is 3.61. The Hall–Kier alpha value is -2.61. The lowest BCUT2D eigenvalue weighted by atomic mass is 10.00. The van der Waals surface area contributed by atoms with Gasteiger partial charge in [0.25, 0.3) is 5.56 Å². The van der Waals surface area contributed by atoms with Gasteiger partial charge < -0.3 is 19.9 Å². The minimum absolute atomic E-state index is 0.132. The quantitative estimate of drug-likeness (QED) is 0.723. The lowest BCUT2D eigenvalue weighted by Crippen LogP contribution is -2.44. The number of nitrogens with zero attached hydrogens (tertiary/aromatic N) is 2. The van der Waals surface area contributed by atoms with Crippen LogP contribution in [-0.4, -0.2) is 47.4 Å². The summed E-state index contributed by atoms with van der Waals surface area (Å²) in [6.07, 6.45) is 2.15. The Morgan fingerprint density at radius 1 is 1.31 bits per heavy atom. The van der Waals surface area contributed by atoms with Gasteiger partial charge in [0.05, 0.1) is 44.1 Å². The van der Waals surface area contributed by atoms with E-state index in [1.54, 1.807) is 12.1 Å². The number of fused-ring (bicyclic) bond motifs is 1. The molecule has 2 N–H and O–H groups in total. The number of ether oxygens (including phenoxy) is 2. The van der Waals surface area contributed by atoms with Crippen molar-refractivity contribution in [2.75, 3.05) is 20.8 Å². The number of carbonyl (C=O) groups is 1. The molecule has 0 aliphatic carbocycles. The van der Waals surface area contributed by atoms with Gasteiger partial charge in [-0.25, -0.2) is 4.98 Å². The van der Waals surface area contributed by atoms with Gasteiger partial charge in [-0.2, -0.15) is 0 Å². The normalized spacial score (nSPS) is 13.3. The molecule has 0 fully saturated rings. The van der Waals surface area contributed by atoms with Crippen LogP contribution in [0, 0.1) is 5.92 Å². The number of hydrogen-bond acceptors (Lipinski definition) is 6. The second kappa shape index (κ2) is 8.66. The van der Waals surface area contributed by atoms with E-state index >= 15 is 0 Å². The smallest absolute Gasteiger partial charge is 0.261 e. The Bertz CT molecular complexity index is 833. The van der Waals surface area contributed by atoms with Crippen LogP contribution in [0.25, 0.3) is 10.9 Å². The van der Waals surface area contributed by atoms with Crippen LogP contribution in [0.3, 0.4) is 0 Å². The molecule has 0 saturated carbocycles. The first-order chi connectivity index (χ1) is 12.4. The third-order valence-corrected chi connectivity index (χ3v) is 4.52. The Morgan fingerprint density at radius 3 is 2.54 bits per heavy atom. The van der Waals surface area contributed by atoms with Crippen molar-refractivity contribution in [3.63, 3.8) is 0 Å². The maximum absolute atomic E-state index is 12.7. The molecule has 0 aliphatic rings. The van der Waals surface area contributed by atoms with Gasteiger partial charge in [-0.1, -0.05) is 20.3 Å². The molecule has 0 aliphatic heterocycles. The molecule has 8 heteroatoms. The van der Waals surface area contributed by atoms with Crippen molar-refractivity contribution in [3.8, 4) is 11.5 Å². The van der Waals surface area contributed by atoms with Crippen molar-refractivity contribution in [2.45, 2.75) is 32.9 Å². The molecule has 2 rings (SSSR count). The number of carbonyl (C=O) groups excluding carboxylic acids is 1. The highest BCUT2D eigenvalue weighted by Crippen LogP contribution is 2.29. The molecule has 0 radical (unpaired) electrons. The number of nitrogens with one attached hydrogen (secondary N) is 1. The number of methoxy groups -OCH3 is 2. The summed E-state index contributed by atoms with van der Waals surface area (Å²) in [5.41, 5.74) is 0.104. The number of aromatic nitrogens is 2. The largest absolute Gasteiger partial charge is 0.493 e. The zero-order chi connectivity index (χ0) is 19.3. The SMILES string of the molecule is CC[C@H](C)[C@@H](CO)NC(=O)Cn1cnc2cc(OC)c(OC)cc2c1=O. The Morgan fingerprint density at radius 2 is 1.96 bits per heavy atom. The third kappa shape index (κ3) is 4.13. The van der Waals surface area contributed by atoms with Crippen LogP contribution in [-0.2, 0) is 11.3 Å². The van der Waals surface area contributed by atoms with E-state index in [2.05, 4.69) is 10.3 Å². The molecule has 0 bridgehead atoms. The van der Waals surface area contributed by atoms with Gasteiger partial charge in [0.1, 0.15) is 6.54 Å².